The van der Waals surface area contributed by atoms with E-state index in [9.17, 15) is 9.59 Å². The van der Waals surface area contributed by atoms with Gasteiger partial charge in [0, 0.05) is 30.0 Å². The molecule has 0 saturated heterocycles. The lowest BCUT2D eigenvalue weighted by Gasteiger charge is -2.10. The third kappa shape index (κ3) is 5.89. The lowest BCUT2D eigenvalue weighted by Crippen LogP contribution is -2.14. The molecule has 0 radical (unpaired) electrons. The maximum absolute atomic E-state index is 12.7. The Morgan fingerprint density at radius 2 is 1.76 bits per heavy atom. The minimum Gasteiger partial charge on any atom is -0.459 e. The number of thioether (sulfide) groups is 1. The molecule has 0 aliphatic rings. The Labute approximate surface area is 173 Å². The van der Waals surface area contributed by atoms with Crippen LogP contribution in [0.5, 0.6) is 0 Å². The number of nitrogens with one attached hydrogen (secondary N) is 1. The Morgan fingerprint density at radius 3 is 2.45 bits per heavy atom. The van der Waals surface area contributed by atoms with E-state index in [0.717, 1.165) is 5.56 Å². The number of pyridine rings is 2. The Balaban J connectivity index is 1.67. The predicted octanol–water partition coefficient (Wildman–Crippen LogP) is 4.59. The quantitative estimate of drug-likeness (QED) is 0.456. The van der Waals surface area contributed by atoms with Gasteiger partial charge in [-0.1, -0.05) is 0 Å². The SMILES string of the molecule is CC(C)OC(=O)c1ccc(NC(=O)c2cccnc2SCc2ccncc2)cc1. The Kier molecular flexibility index (Phi) is 6.97. The van der Waals surface area contributed by atoms with Crippen LogP contribution in [0, 0.1) is 0 Å². The highest BCUT2D eigenvalue weighted by atomic mass is 32.2. The minimum absolute atomic E-state index is 0.185. The summed E-state index contributed by atoms with van der Waals surface area (Å²) in [5.41, 5.74) is 2.62. The molecule has 3 rings (SSSR count). The van der Waals surface area contributed by atoms with Crippen molar-refractivity contribution in [2.24, 2.45) is 0 Å². The van der Waals surface area contributed by atoms with Gasteiger partial charge in [0.05, 0.1) is 17.2 Å². The molecule has 0 saturated carbocycles. The largest absolute Gasteiger partial charge is 0.459 e. The van der Waals surface area contributed by atoms with Gasteiger partial charge in [-0.2, -0.15) is 0 Å². The molecule has 0 atom stereocenters. The second-order valence-corrected chi connectivity index (χ2v) is 7.45. The molecule has 0 unspecified atom stereocenters. The predicted molar refractivity (Wildman–Crippen MR) is 113 cm³/mol. The van der Waals surface area contributed by atoms with Gasteiger partial charge < -0.3 is 10.1 Å². The number of carbonyl (C=O) groups is 2. The molecule has 29 heavy (non-hydrogen) atoms. The van der Waals surface area contributed by atoms with Gasteiger partial charge in [0.1, 0.15) is 5.03 Å². The van der Waals surface area contributed by atoms with Crippen LogP contribution in [0.15, 0.2) is 72.1 Å². The van der Waals surface area contributed by atoms with E-state index in [-0.39, 0.29) is 18.0 Å². The topological polar surface area (TPSA) is 81.2 Å². The highest BCUT2D eigenvalue weighted by Crippen LogP contribution is 2.25. The van der Waals surface area contributed by atoms with Gasteiger partial charge >= 0.3 is 5.97 Å². The molecule has 7 heteroatoms. The van der Waals surface area contributed by atoms with Gasteiger partial charge in [-0.05, 0) is 67.9 Å². The first-order valence-corrected chi connectivity index (χ1v) is 10.1. The molecule has 148 valence electrons. The number of hydrogen-bond donors (Lipinski definition) is 1. The number of hydrogen-bond acceptors (Lipinski definition) is 6. The van der Waals surface area contributed by atoms with Crippen molar-refractivity contribution >= 4 is 29.3 Å². The Hall–Kier alpha value is -3.19. The van der Waals surface area contributed by atoms with Crippen LogP contribution in [0.1, 0.15) is 40.1 Å². The summed E-state index contributed by atoms with van der Waals surface area (Å²) in [5, 5.41) is 3.50. The van der Waals surface area contributed by atoms with Gasteiger partial charge in [-0.3, -0.25) is 9.78 Å². The summed E-state index contributed by atoms with van der Waals surface area (Å²) in [6.07, 6.45) is 4.96. The molecule has 6 nitrogen and oxygen atoms in total. The van der Waals surface area contributed by atoms with Gasteiger partial charge in [-0.15, -0.1) is 11.8 Å². The summed E-state index contributed by atoms with van der Waals surface area (Å²) in [5.74, 6) is 0.0414. The molecule has 1 aromatic carbocycles. The second kappa shape index (κ2) is 9.84. The fraction of sp³-hybridized carbons (Fsp3) is 0.182. The maximum atomic E-state index is 12.7. The normalized spacial score (nSPS) is 10.6. The number of rotatable bonds is 7. The van der Waals surface area contributed by atoms with E-state index in [1.54, 1.807) is 68.8 Å². The van der Waals surface area contributed by atoms with Crippen molar-refractivity contribution in [3.8, 4) is 0 Å². The third-order valence-electron chi connectivity index (χ3n) is 3.86. The molecule has 0 aliphatic heterocycles. The summed E-state index contributed by atoms with van der Waals surface area (Å²) in [6, 6.07) is 13.9. The average Bonchev–Trinajstić information content (AvgIpc) is 2.73. The lowest BCUT2D eigenvalue weighted by molar-refractivity contribution is 0.0378. The van der Waals surface area contributed by atoms with E-state index in [4.69, 9.17) is 4.74 Å². The minimum atomic E-state index is -0.389. The van der Waals surface area contributed by atoms with Crippen LogP contribution < -0.4 is 5.32 Å². The second-order valence-electron chi connectivity index (χ2n) is 6.49. The summed E-state index contributed by atoms with van der Waals surface area (Å²) < 4.78 is 5.16. The number of ether oxygens (including phenoxy) is 1. The van der Waals surface area contributed by atoms with E-state index in [1.165, 1.54) is 11.8 Å². The molecule has 0 bridgehead atoms. The molecular formula is C22H21N3O3S. The van der Waals surface area contributed by atoms with Gasteiger partial charge in [-0.25, -0.2) is 9.78 Å². The number of anilines is 1. The van der Waals surface area contributed by atoms with E-state index in [1.807, 2.05) is 12.1 Å². The van der Waals surface area contributed by atoms with Crippen molar-refractivity contribution in [2.75, 3.05) is 5.32 Å². The van der Waals surface area contributed by atoms with Gasteiger partial charge in [0.25, 0.3) is 5.91 Å². The molecular weight excluding hydrogens is 386 g/mol. The fourth-order valence-corrected chi connectivity index (χ4v) is 3.43. The van der Waals surface area contributed by atoms with Crippen LogP contribution in [-0.2, 0) is 10.5 Å². The number of amides is 1. The smallest absolute Gasteiger partial charge is 0.338 e. The van der Waals surface area contributed by atoms with Crippen LogP contribution in [-0.4, -0.2) is 27.9 Å². The van der Waals surface area contributed by atoms with Crippen LogP contribution in [0.4, 0.5) is 5.69 Å². The molecule has 2 aromatic heterocycles. The van der Waals surface area contributed by atoms with Crippen LogP contribution >= 0.6 is 11.8 Å². The van der Waals surface area contributed by atoms with Crippen molar-refractivity contribution in [3.05, 3.63) is 83.8 Å². The van der Waals surface area contributed by atoms with E-state index >= 15 is 0 Å². The van der Waals surface area contributed by atoms with Crippen molar-refractivity contribution in [2.45, 2.75) is 30.7 Å². The van der Waals surface area contributed by atoms with E-state index < -0.39 is 0 Å². The number of aromatic nitrogens is 2. The first kappa shape index (κ1) is 20.5. The van der Waals surface area contributed by atoms with Crippen molar-refractivity contribution in [1.29, 1.82) is 0 Å². The zero-order valence-electron chi connectivity index (χ0n) is 16.2. The molecule has 0 aliphatic carbocycles. The number of carbonyl (C=O) groups excluding carboxylic acids is 2. The van der Waals surface area contributed by atoms with E-state index in [2.05, 4.69) is 15.3 Å². The average molecular weight is 407 g/mol. The molecule has 3 aromatic rings. The van der Waals surface area contributed by atoms with Crippen LogP contribution in [0.25, 0.3) is 0 Å². The van der Waals surface area contributed by atoms with Crippen molar-refractivity contribution in [1.82, 2.24) is 9.97 Å². The molecule has 1 amide bonds. The summed E-state index contributed by atoms with van der Waals surface area (Å²) in [7, 11) is 0. The van der Waals surface area contributed by atoms with Crippen LogP contribution in [0.2, 0.25) is 0 Å². The summed E-state index contributed by atoms with van der Waals surface area (Å²) >= 11 is 1.49. The zero-order valence-corrected chi connectivity index (χ0v) is 17.0. The van der Waals surface area contributed by atoms with Crippen LogP contribution in [0.3, 0.4) is 0 Å². The maximum Gasteiger partial charge on any atom is 0.338 e. The summed E-state index contributed by atoms with van der Waals surface area (Å²) in [6.45, 7) is 3.59. The number of esters is 1. The van der Waals surface area contributed by atoms with E-state index in [0.29, 0.717) is 27.6 Å². The number of benzene rings is 1. The molecule has 1 N–H and O–H groups in total. The molecule has 2 heterocycles. The highest BCUT2D eigenvalue weighted by Gasteiger charge is 2.14. The standard InChI is InChI=1S/C22H21N3O3S/c1-15(2)28-22(27)17-5-7-18(8-6-17)25-20(26)19-4-3-11-24-21(19)29-14-16-9-12-23-13-10-16/h3-13,15H,14H2,1-2H3,(H,25,26). The molecule has 0 spiro atoms. The first-order valence-electron chi connectivity index (χ1n) is 9.12. The molecule has 0 fully saturated rings. The van der Waals surface area contributed by atoms with Crippen molar-refractivity contribution < 1.29 is 14.3 Å². The number of nitrogens with zero attached hydrogens (tertiary/aromatic N) is 2. The Bertz CT molecular complexity index is 976. The lowest BCUT2D eigenvalue weighted by atomic mass is 10.2. The zero-order chi connectivity index (χ0) is 20.6. The Morgan fingerprint density at radius 1 is 1.03 bits per heavy atom. The monoisotopic (exact) mass is 407 g/mol. The summed E-state index contributed by atoms with van der Waals surface area (Å²) in [4.78, 5) is 33.0. The van der Waals surface area contributed by atoms with Crippen molar-refractivity contribution in [3.63, 3.8) is 0 Å². The first-order chi connectivity index (χ1) is 14.0. The fourth-order valence-electron chi connectivity index (χ4n) is 2.48. The van der Waals surface area contributed by atoms with Gasteiger partial charge in [0.15, 0.2) is 0 Å². The third-order valence-corrected chi connectivity index (χ3v) is 4.94. The highest BCUT2D eigenvalue weighted by molar-refractivity contribution is 7.98. The van der Waals surface area contributed by atoms with Gasteiger partial charge in [0.2, 0.25) is 0 Å².